The molecule has 0 spiro atoms. The number of anilines is 2. The maximum absolute atomic E-state index is 14.2. The summed E-state index contributed by atoms with van der Waals surface area (Å²) in [6.07, 6.45) is 2.68. The van der Waals surface area contributed by atoms with Crippen molar-refractivity contribution in [3.05, 3.63) is 85.0 Å². The van der Waals surface area contributed by atoms with Crippen LogP contribution >= 0.6 is 0 Å². The zero-order valence-corrected chi connectivity index (χ0v) is 19.9. The summed E-state index contributed by atoms with van der Waals surface area (Å²) in [5.74, 6) is -0.168. The third kappa shape index (κ3) is 4.88. The predicted octanol–water partition coefficient (Wildman–Crippen LogP) is 5.41. The van der Waals surface area contributed by atoms with E-state index in [1.54, 1.807) is 24.3 Å². The molecule has 0 saturated carbocycles. The third-order valence-electron chi connectivity index (χ3n) is 4.50. The molecule has 4 aromatic heterocycles. The first-order valence-corrected chi connectivity index (χ1v) is 9.64. The van der Waals surface area contributed by atoms with Gasteiger partial charge in [0.1, 0.15) is 23.5 Å². The second-order valence-electron chi connectivity index (χ2n) is 7.78. The van der Waals surface area contributed by atoms with Crippen LogP contribution in [0.2, 0.25) is 0 Å². The summed E-state index contributed by atoms with van der Waals surface area (Å²) in [4.78, 5) is 18.6. The van der Waals surface area contributed by atoms with E-state index in [4.69, 9.17) is 0 Å². The average molecular weight is 611 g/mol. The fourth-order valence-corrected chi connectivity index (χ4v) is 3.23. The van der Waals surface area contributed by atoms with Gasteiger partial charge in [0.15, 0.2) is 0 Å². The van der Waals surface area contributed by atoms with Crippen molar-refractivity contribution in [1.29, 1.82) is 0 Å². The molecular formula is C24H19F2N5Pt. The molecule has 0 aliphatic rings. The van der Waals surface area contributed by atoms with E-state index in [9.17, 15) is 8.78 Å². The molecule has 32 heavy (non-hydrogen) atoms. The van der Waals surface area contributed by atoms with Crippen LogP contribution in [0, 0.1) is 24.0 Å². The van der Waals surface area contributed by atoms with Gasteiger partial charge < -0.3 is 14.9 Å². The smallest absolute Gasteiger partial charge is 0.326 e. The molecule has 0 aliphatic carbocycles. The van der Waals surface area contributed by atoms with Gasteiger partial charge in [-0.1, -0.05) is 47.8 Å². The van der Waals surface area contributed by atoms with Crippen LogP contribution in [-0.2, 0) is 21.1 Å². The molecule has 164 valence electrons. The quantitative estimate of drug-likeness (QED) is 0.229. The molecule has 4 aromatic rings. The van der Waals surface area contributed by atoms with Crippen LogP contribution in [0.4, 0.5) is 20.4 Å². The molecule has 0 aliphatic heterocycles. The summed E-state index contributed by atoms with van der Waals surface area (Å²) in [5, 5.41) is 0. The van der Waals surface area contributed by atoms with Crippen molar-refractivity contribution in [1.82, 2.24) is 19.9 Å². The Morgan fingerprint density at radius 2 is 1.19 bits per heavy atom. The first-order chi connectivity index (χ1) is 14.8. The molecule has 0 atom stereocenters. The Hall–Kier alpha value is -3.05. The van der Waals surface area contributed by atoms with Crippen LogP contribution < -0.4 is 4.90 Å². The number of halogens is 2. The predicted molar refractivity (Wildman–Crippen MR) is 114 cm³/mol. The van der Waals surface area contributed by atoms with E-state index in [2.05, 4.69) is 32.1 Å². The number of hydrogen-bond donors (Lipinski definition) is 0. The fraction of sp³-hybridized carbons (Fsp3) is 0.167. The Kier molecular flexibility index (Phi) is 7.09. The van der Waals surface area contributed by atoms with Gasteiger partial charge in [0.2, 0.25) is 0 Å². The largest absolute Gasteiger partial charge is 2.00 e. The van der Waals surface area contributed by atoms with Crippen molar-refractivity contribution >= 4 is 11.6 Å². The molecule has 5 nitrogen and oxygen atoms in total. The van der Waals surface area contributed by atoms with Gasteiger partial charge in [-0.2, -0.15) is 0 Å². The molecule has 0 bridgehead atoms. The summed E-state index contributed by atoms with van der Waals surface area (Å²) in [6, 6.07) is 19.4. The number of nitrogens with zero attached hydrogens (tertiary/aromatic N) is 5. The van der Waals surface area contributed by atoms with Gasteiger partial charge in [0.05, 0.1) is 0 Å². The SMILES string of the molecule is CC(C)(C)N(c1cccc(-c2[c-]ccnc2F)n1)c1cccc(-c2[c-]ccnc2F)n1.[Pt+2]. The third-order valence-corrected chi connectivity index (χ3v) is 4.50. The van der Waals surface area contributed by atoms with Crippen LogP contribution in [-0.4, -0.2) is 25.5 Å². The zero-order valence-electron chi connectivity index (χ0n) is 17.6. The van der Waals surface area contributed by atoms with E-state index < -0.39 is 17.4 Å². The zero-order chi connectivity index (χ0) is 22.0. The van der Waals surface area contributed by atoms with Gasteiger partial charge in [-0.05, 0) is 44.3 Å². The molecule has 0 fully saturated rings. The first kappa shape index (κ1) is 23.6. The molecular weight excluding hydrogens is 591 g/mol. The van der Waals surface area contributed by atoms with Gasteiger partial charge in [-0.25, -0.2) is 8.78 Å². The molecule has 4 heterocycles. The van der Waals surface area contributed by atoms with E-state index in [-0.39, 0.29) is 32.2 Å². The summed E-state index contributed by atoms with van der Waals surface area (Å²) in [7, 11) is 0. The van der Waals surface area contributed by atoms with E-state index >= 15 is 0 Å². The van der Waals surface area contributed by atoms with E-state index in [0.29, 0.717) is 23.0 Å². The van der Waals surface area contributed by atoms with Gasteiger partial charge in [0.25, 0.3) is 0 Å². The Morgan fingerprint density at radius 1 is 0.750 bits per heavy atom. The minimum Gasteiger partial charge on any atom is -0.326 e. The number of aromatic nitrogens is 4. The molecule has 0 radical (unpaired) electrons. The van der Waals surface area contributed by atoms with Crippen molar-refractivity contribution < 1.29 is 29.8 Å². The number of rotatable bonds is 4. The van der Waals surface area contributed by atoms with E-state index in [1.165, 1.54) is 24.5 Å². The Morgan fingerprint density at radius 3 is 1.56 bits per heavy atom. The Bertz CT molecular complexity index is 1140. The first-order valence-electron chi connectivity index (χ1n) is 9.64. The minimum atomic E-state index is -0.642. The van der Waals surface area contributed by atoms with E-state index in [0.717, 1.165) is 0 Å². The summed E-state index contributed by atoms with van der Waals surface area (Å²) < 4.78 is 28.4. The monoisotopic (exact) mass is 610 g/mol. The van der Waals surface area contributed by atoms with Crippen molar-refractivity contribution in [3.8, 4) is 22.5 Å². The minimum absolute atomic E-state index is 0. The van der Waals surface area contributed by atoms with Crippen molar-refractivity contribution in [2.75, 3.05) is 4.90 Å². The molecule has 0 aromatic carbocycles. The summed E-state index contributed by atoms with van der Waals surface area (Å²) in [6.45, 7) is 6.01. The van der Waals surface area contributed by atoms with Crippen molar-refractivity contribution in [2.45, 2.75) is 26.3 Å². The van der Waals surface area contributed by atoms with Crippen molar-refractivity contribution in [2.24, 2.45) is 0 Å². The topological polar surface area (TPSA) is 54.8 Å². The Balaban J connectivity index is 0.00000289. The molecule has 0 saturated heterocycles. The van der Waals surface area contributed by atoms with Gasteiger partial charge >= 0.3 is 21.1 Å². The van der Waals surface area contributed by atoms with Crippen LogP contribution in [0.3, 0.4) is 0 Å². The normalized spacial score (nSPS) is 11.0. The molecule has 4 rings (SSSR count). The fourth-order valence-electron chi connectivity index (χ4n) is 3.23. The number of hydrogen-bond acceptors (Lipinski definition) is 5. The maximum Gasteiger partial charge on any atom is 2.00 e. The second kappa shape index (κ2) is 9.61. The van der Waals surface area contributed by atoms with Crippen molar-refractivity contribution in [3.63, 3.8) is 0 Å². The molecule has 0 unspecified atom stereocenters. The van der Waals surface area contributed by atoms with Crippen LogP contribution in [0.1, 0.15) is 20.8 Å². The summed E-state index contributed by atoms with van der Waals surface area (Å²) >= 11 is 0. The van der Waals surface area contributed by atoms with Crippen LogP contribution in [0.25, 0.3) is 22.5 Å². The Labute approximate surface area is 199 Å². The summed E-state index contributed by atoms with van der Waals surface area (Å²) in [5.41, 5.74) is 0.741. The van der Waals surface area contributed by atoms with Crippen LogP contribution in [0.5, 0.6) is 0 Å². The molecule has 8 heteroatoms. The van der Waals surface area contributed by atoms with E-state index in [1.807, 2.05) is 37.8 Å². The maximum atomic E-state index is 14.2. The standard InChI is InChI=1S/C24H19F2N5.Pt/c1-24(2,3)31(20-12-4-10-18(29-20)16-8-6-14-27-22(16)25)21-13-5-11-19(30-21)17-9-7-15-28-23(17)26;/h4-7,10-15H,1-3H3;/q-2;+2. The van der Waals surface area contributed by atoms with Gasteiger partial charge in [0, 0.05) is 5.54 Å². The van der Waals surface area contributed by atoms with Gasteiger partial charge in [-0.15, -0.1) is 24.3 Å². The molecule has 0 amide bonds. The second-order valence-corrected chi connectivity index (χ2v) is 7.78. The average Bonchev–Trinajstić information content (AvgIpc) is 2.74. The number of pyridine rings is 4. The molecule has 0 N–H and O–H groups in total. The van der Waals surface area contributed by atoms with Gasteiger partial charge in [-0.3, -0.25) is 9.97 Å². The van der Waals surface area contributed by atoms with Crippen LogP contribution in [0.15, 0.2) is 60.9 Å².